The number of fused-ring (bicyclic) bond motifs is 1. The molecule has 1 fully saturated rings. The van der Waals surface area contributed by atoms with Gasteiger partial charge >= 0.3 is 0 Å². The summed E-state index contributed by atoms with van der Waals surface area (Å²) in [6.07, 6.45) is 6.76. The average Bonchev–Trinajstić information content (AvgIpc) is 3.28. The highest BCUT2D eigenvalue weighted by molar-refractivity contribution is 7.21. The van der Waals surface area contributed by atoms with Gasteiger partial charge in [-0.25, -0.2) is 0 Å². The molecule has 29 heavy (non-hydrogen) atoms. The Labute approximate surface area is 171 Å². The van der Waals surface area contributed by atoms with Crippen molar-refractivity contribution in [2.45, 2.75) is 44.6 Å². The number of carbonyl (C=O) groups excluding carboxylic acids is 1. The zero-order chi connectivity index (χ0) is 20.2. The number of H-pyrrole nitrogens is 1. The van der Waals surface area contributed by atoms with Gasteiger partial charge in [-0.2, -0.15) is 5.21 Å². The molecule has 2 aromatic heterocycles. The first kappa shape index (κ1) is 19.4. The fourth-order valence-corrected chi connectivity index (χ4v) is 4.61. The Balaban J connectivity index is 1.75. The summed E-state index contributed by atoms with van der Waals surface area (Å²) in [5.41, 5.74) is 0. The Bertz CT molecular complexity index is 980. The molecule has 2 heterocycles. The minimum Gasteiger partial charge on any atom is -0.493 e. The summed E-state index contributed by atoms with van der Waals surface area (Å²) in [5.74, 6) is 1.54. The van der Waals surface area contributed by atoms with E-state index in [0.717, 1.165) is 35.8 Å². The third-order valence-electron chi connectivity index (χ3n) is 5.01. The van der Waals surface area contributed by atoms with Gasteiger partial charge in [0.15, 0.2) is 17.2 Å². The largest absolute Gasteiger partial charge is 0.493 e. The summed E-state index contributed by atoms with van der Waals surface area (Å²) in [6.45, 7) is 0. The number of hydrogen-bond acceptors (Lipinski definition) is 8. The normalized spacial score (nSPS) is 15.1. The highest BCUT2D eigenvalue weighted by Gasteiger charge is 2.25. The number of tetrazole rings is 1. The molecule has 1 aliphatic rings. The molecule has 4 rings (SSSR count). The van der Waals surface area contributed by atoms with Crippen molar-refractivity contribution in [1.82, 2.24) is 20.6 Å². The van der Waals surface area contributed by atoms with Gasteiger partial charge in [-0.3, -0.25) is 10.1 Å². The van der Waals surface area contributed by atoms with Crippen LogP contribution >= 0.6 is 11.3 Å². The highest BCUT2D eigenvalue weighted by atomic mass is 32.1. The van der Waals surface area contributed by atoms with Crippen molar-refractivity contribution < 1.29 is 19.0 Å². The standard InChI is InChI=1S/C19H23N5O4S/c1-26-13-9-12-15(10-14(13)27-2)29-17(18(25)20-19-21-23-24-22-19)16(12)28-11-7-5-3-4-6-8-11/h9-11H,3-8H2,1-2H3,(H2,20,21,22,23,24,25). The number of methoxy groups -OCH3 is 2. The van der Waals surface area contributed by atoms with Gasteiger partial charge in [0.05, 0.1) is 20.3 Å². The van der Waals surface area contributed by atoms with Gasteiger partial charge < -0.3 is 14.2 Å². The number of benzene rings is 1. The Morgan fingerprint density at radius 1 is 1.14 bits per heavy atom. The van der Waals surface area contributed by atoms with Crippen molar-refractivity contribution in [2.75, 3.05) is 19.5 Å². The number of hydrogen-bond donors (Lipinski definition) is 2. The third-order valence-corrected chi connectivity index (χ3v) is 6.14. The molecular formula is C19H23N5O4S. The predicted octanol–water partition coefficient (Wildman–Crippen LogP) is 3.79. The zero-order valence-electron chi connectivity index (χ0n) is 16.4. The molecule has 0 unspecified atom stereocenters. The van der Waals surface area contributed by atoms with E-state index in [1.54, 1.807) is 14.2 Å². The molecule has 10 heteroatoms. The lowest BCUT2D eigenvalue weighted by Crippen LogP contribution is -2.18. The third kappa shape index (κ3) is 4.12. The van der Waals surface area contributed by atoms with Crippen LogP contribution in [0.3, 0.4) is 0 Å². The number of thiophene rings is 1. The summed E-state index contributed by atoms with van der Waals surface area (Å²) < 4.78 is 18.2. The van der Waals surface area contributed by atoms with Crippen molar-refractivity contribution >= 4 is 33.3 Å². The summed E-state index contributed by atoms with van der Waals surface area (Å²) in [7, 11) is 3.18. The quantitative estimate of drug-likeness (QED) is 0.587. The van der Waals surface area contributed by atoms with Crippen LogP contribution < -0.4 is 19.5 Å². The Morgan fingerprint density at radius 3 is 2.52 bits per heavy atom. The smallest absolute Gasteiger partial charge is 0.272 e. The van der Waals surface area contributed by atoms with Crippen LogP contribution in [0.1, 0.15) is 48.2 Å². The topological polar surface area (TPSA) is 111 Å². The van der Waals surface area contributed by atoms with Crippen LogP contribution in [0.15, 0.2) is 12.1 Å². The molecule has 1 saturated carbocycles. The van der Waals surface area contributed by atoms with E-state index in [9.17, 15) is 4.79 Å². The number of anilines is 1. The maximum Gasteiger partial charge on any atom is 0.272 e. The fraction of sp³-hybridized carbons (Fsp3) is 0.474. The molecule has 9 nitrogen and oxygen atoms in total. The summed E-state index contributed by atoms with van der Waals surface area (Å²) in [5, 5.41) is 16.9. The van der Waals surface area contributed by atoms with Crippen molar-refractivity contribution in [3.05, 3.63) is 17.0 Å². The number of aromatic nitrogens is 4. The van der Waals surface area contributed by atoms with E-state index in [1.807, 2.05) is 12.1 Å². The lowest BCUT2D eigenvalue weighted by molar-refractivity contribution is 0.102. The first-order valence-corrected chi connectivity index (χ1v) is 10.4. The van der Waals surface area contributed by atoms with Gasteiger partial charge in [0.1, 0.15) is 4.88 Å². The zero-order valence-corrected chi connectivity index (χ0v) is 17.2. The van der Waals surface area contributed by atoms with Gasteiger partial charge in [-0.1, -0.05) is 17.9 Å². The molecule has 1 aromatic carbocycles. The van der Waals surface area contributed by atoms with E-state index in [1.165, 1.54) is 24.2 Å². The average molecular weight is 417 g/mol. The number of nitrogens with zero attached hydrogens (tertiary/aromatic N) is 3. The molecule has 154 valence electrons. The van der Waals surface area contributed by atoms with Crippen molar-refractivity contribution in [1.29, 1.82) is 0 Å². The number of ether oxygens (including phenoxy) is 3. The molecule has 0 spiro atoms. The van der Waals surface area contributed by atoms with Crippen LogP contribution in [-0.2, 0) is 0 Å². The van der Waals surface area contributed by atoms with E-state index in [-0.39, 0.29) is 18.0 Å². The van der Waals surface area contributed by atoms with Crippen LogP contribution in [0, 0.1) is 0 Å². The van der Waals surface area contributed by atoms with E-state index in [4.69, 9.17) is 14.2 Å². The minimum atomic E-state index is -0.339. The van der Waals surface area contributed by atoms with E-state index in [2.05, 4.69) is 25.9 Å². The minimum absolute atomic E-state index is 0.0834. The highest BCUT2D eigenvalue weighted by Crippen LogP contribution is 2.44. The van der Waals surface area contributed by atoms with Gasteiger partial charge in [-0.05, 0) is 37.0 Å². The molecule has 0 saturated heterocycles. The summed E-state index contributed by atoms with van der Waals surface area (Å²) in [4.78, 5) is 13.4. The summed E-state index contributed by atoms with van der Waals surface area (Å²) >= 11 is 1.34. The van der Waals surface area contributed by atoms with E-state index in [0.29, 0.717) is 22.1 Å². The number of aromatic amines is 1. The summed E-state index contributed by atoms with van der Waals surface area (Å²) in [6, 6.07) is 3.73. The number of carbonyl (C=O) groups is 1. The maximum atomic E-state index is 13.0. The van der Waals surface area contributed by atoms with Gasteiger partial charge in [0, 0.05) is 16.2 Å². The first-order valence-electron chi connectivity index (χ1n) is 9.59. The fourth-order valence-electron chi connectivity index (χ4n) is 3.57. The van der Waals surface area contributed by atoms with Crippen LogP contribution in [0.5, 0.6) is 17.2 Å². The van der Waals surface area contributed by atoms with Crippen LogP contribution in [0.25, 0.3) is 10.1 Å². The molecule has 0 aliphatic heterocycles. The molecule has 2 N–H and O–H groups in total. The van der Waals surface area contributed by atoms with Crippen molar-refractivity contribution in [2.24, 2.45) is 0 Å². The molecule has 1 aliphatic carbocycles. The van der Waals surface area contributed by atoms with E-state index >= 15 is 0 Å². The Morgan fingerprint density at radius 2 is 1.86 bits per heavy atom. The maximum absolute atomic E-state index is 13.0. The lowest BCUT2D eigenvalue weighted by Gasteiger charge is -2.18. The van der Waals surface area contributed by atoms with Gasteiger partial charge in [0.2, 0.25) is 0 Å². The Hall–Kier alpha value is -2.88. The lowest BCUT2D eigenvalue weighted by atomic mass is 10.1. The Kier molecular flexibility index (Phi) is 5.79. The second kappa shape index (κ2) is 8.64. The molecule has 0 bridgehead atoms. The SMILES string of the molecule is COc1cc2sc(C(=O)Nc3nn[nH]n3)c(OC3CCCCCC3)c2cc1OC. The number of rotatable bonds is 6. The number of nitrogens with one attached hydrogen (secondary N) is 2. The molecular weight excluding hydrogens is 394 g/mol. The first-order chi connectivity index (χ1) is 14.2. The molecule has 1 amide bonds. The van der Waals surface area contributed by atoms with Gasteiger partial charge in [0.25, 0.3) is 11.9 Å². The second-order valence-corrected chi connectivity index (χ2v) is 7.94. The van der Waals surface area contributed by atoms with Gasteiger partial charge in [-0.15, -0.1) is 16.4 Å². The number of amides is 1. The van der Waals surface area contributed by atoms with Crippen LogP contribution in [0.4, 0.5) is 5.95 Å². The van der Waals surface area contributed by atoms with Crippen LogP contribution in [-0.4, -0.2) is 46.9 Å². The molecule has 3 aromatic rings. The van der Waals surface area contributed by atoms with E-state index < -0.39 is 0 Å². The van der Waals surface area contributed by atoms with Crippen molar-refractivity contribution in [3.63, 3.8) is 0 Å². The predicted molar refractivity (Wildman–Crippen MR) is 109 cm³/mol. The van der Waals surface area contributed by atoms with Crippen molar-refractivity contribution in [3.8, 4) is 17.2 Å². The molecule has 0 atom stereocenters. The second-order valence-electron chi connectivity index (χ2n) is 6.88. The molecule has 0 radical (unpaired) electrons. The monoisotopic (exact) mass is 417 g/mol. The van der Waals surface area contributed by atoms with Crippen LogP contribution in [0.2, 0.25) is 0 Å².